The van der Waals surface area contributed by atoms with Crippen LogP contribution in [0, 0.1) is 5.82 Å². The molecule has 3 fully saturated rings. The van der Waals surface area contributed by atoms with Crippen molar-refractivity contribution >= 4 is 35.6 Å². The van der Waals surface area contributed by atoms with Gasteiger partial charge in [-0.05, 0) is 43.9 Å². The monoisotopic (exact) mass is 561 g/mol. The molecule has 7 nitrogen and oxygen atoms in total. The van der Waals surface area contributed by atoms with Crippen LogP contribution in [0.4, 0.5) is 10.1 Å². The molecule has 3 heterocycles. The summed E-state index contributed by atoms with van der Waals surface area (Å²) in [6, 6.07) is 5.98. The molecule has 0 saturated carbocycles. The Labute approximate surface area is 208 Å². The van der Waals surface area contributed by atoms with Crippen molar-refractivity contribution in [3.05, 3.63) is 29.6 Å². The SMILES string of the molecule is CCNC(=NCc1ccc(N2CCC(O)CC2)c(F)c1)N1CCC(N2CCOCC2)C1.I. The zero-order valence-corrected chi connectivity index (χ0v) is 21.3. The van der Waals surface area contributed by atoms with Crippen molar-refractivity contribution in [1.29, 1.82) is 0 Å². The first kappa shape index (κ1) is 25.5. The average Bonchev–Trinajstić information content (AvgIpc) is 3.28. The number of halogens is 2. The Morgan fingerprint density at radius 1 is 1.16 bits per heavy atom. The zero-order valence-electron chi connectivity index (χ0n) is 19.0. The molecule has 3 aliphatic rings. The van der Waals surface area contributed by atoms with E-state index in [1.54, 1.807) is 6.07 Å². The fraction of sp³-hybridized carbons (Fsp3) is 0.696. The molecule has 0 aliphatic carbocycles. The van der Waals surface area contributed by atoms with Crippen molar-refractivity contribution in [1.82, 2.24) is 15.1 Å². The van der Waals surface area contributed by atoms with Crippen molar-refractivity contribution in [2.24, 2.45) is 4.99 Å². The summed E-state index contributed by atoms with van der Waals surface area (Å²) in [5, 5.41) is 13.1. The third-order valence-electron chi connectivity index (χ3n) is 6.59. The molecule has 0 radical (unpaired) electrons. The number of aliphatic imine (C=N–C) groups is 1. The molecule has 0 spiro atoms. The highest BCUT2D eigenvalue weighted by Gasteiger charge is 2.30. The van der Waals surface area contributed by atoms with Crippen LogP contribution < -0.4 is 10.2 Å². The number of piperidine rings is 1. The van der Waals surface area contributed by atoms with Crippen molar-refractivity contribution in [3.8, 4) is 0 Å². The van der Waals surface area contributed by atoms with Crippen molar-refractivity contribution in [3.63, 3.8) is 0 Å². The maximum Gasteiger partial charge on any atom is 0.194 e. The van der Waals surface area contributed by atoms with Crippen molar-refractivity contribution in [2.45, 2.75) is 44.9 Å². The van der Waals surface area contributed by atoms with Gasteiger partial charge in [0.05, 0.1) is 31.5 Å². The van der Waals surface area contributed by atoms with Crippen LogP contribution in [0.3, 0.4) is 0 Å². The second-order valence-electron chi connectivity index (χ2n) is 8.71. The Bertz CT molecular complexity index is 754. The lowest BCUT2D eigenvalue weighted by Crippen LogP contribution is -2.46. The Hall–Kier alpha value is -1.17. The van der Waals surface area contributed by atoms with Crippen LogP contribution in [0.25, 0.3) is 0 Å². The van der Waals surface area contributed by atoms with Gasteiger partial charge in [-0.15, -0.1) is 24.0 Å². The molecular weight excluding hydrogens is 524 g/mol. The number of aliphatic hydroxyl groups is 1. The lowest BCUT2D eigenvalue weighted by Gasteiger charge is -2.32. The normalized spacial score (nSPS) is 23.3. The van der Waals surface area contributed by atoms with E-state index in [1.807, 2.05) is 17.0 Å². The number of nitrogens with one attached hydrogen (secondary N) is 1. The van der Waals surface area contributed by atoms with Crippen LogP contribution in [-0.2, 0) is 11.3 Å². The Morgan fingerprint density at radius 3 is 2.59 bits per heavy atom. The number of hydrogen-bond donors (Lipinski definition) is 2. The molecule has 0 amide bonds. The van der Waals surface area contributed by atoms with E-state index in [0.29, 0.717) is 44.2 Å². The molecule has 180 valence electrons. The van der Waals surface area contributed by atoms with Crippen LogP contribution in [0.1, 0.15) is 31.7 Å². The van der Waals surface area contributed by atoms with Crippen LogP contribution in [-0.4, -0.2) is 92.0 Å². The van der Waals surface area contributed by atoms with E-state index in [2.05, 4.69) is 22.0 Å². The largest absolute Gasteiger partial charge is 0.393 e. The highest BCUT2D eigenvalue weighted by atomic mass is 127. The molecule has 2 N–H and O–H groups in total. The van der Waals surface area contributed by atoms with Gasteiger partial charge < -0.3 is 25.0 Å². The van der Waals surface area contributed by atoms with Gasteiger partial charge >= 0.3 is 0 Å². The Kier molecular flexibility index (Phi) is 9.81. The van der Waals surface area contributed by atoms with Gasteiger partial charge in [-0.2, -0.15) is 0 Å². The van der Waals surface area contributed by atoms with Gasteiger partial charge in [0.1, 0.15) is 5.82 Å². The maximum atomic E-state index is 14.8. The Morgan fingerprint density at radius 2 is 1.91 bits per heavy atom. The van der Waals surface area contributed by atoms with Gasteiger partial charge in [0, 0.05) is 51.9 Å². The first-order chi connectivity index (χ1) is 15.1. The van der Waals surface area contributed by atoms with Gasteiger partial charge in [0.2, 0.25) is 0 Å². The van der Waals surface area contributed by atoms with Gasteiger partial charge in [0.15, 0.2) is 5.96 Å². The molecule has 32 heavy (non-hydrogen) atoms. The van der Waals surface area contributed by atoms with Gasteiger partial charge in [-0.3, -0.25) is 4.90 Å². The van der Waals surface area contributed by atoms with Gasteiger partial charge in [-0.1, -0.05) is 6.07 Å². The second kappa shape index (κ2) is 12.3. The molecule has 0 bridgehead atoms. The summed E-state index contributed by atoms with van der Waals surface area (Å²) in [4.78, 5) is 11.7. The van der Waals surface area contributed by atoms with Gasteiger partial charge in [0.25, 0.3) is 0 Å². The lowest BCUT2D eigenvalue weighted by atomic mass is 10.1. The van der Waals surface area contributed by atoms with Crippen molar-refractivity contribution in [2.75, 3.05) is 63.9 Å². The molecule has 3 aliphatic heterocycles. The summed E-state index contributed by atoms with van der Waals surface area (Å²) in [7, 11) is 0. The van der Waals surface area contributed by atoms with E-state index >= 15 is 0 Å². The summed E-state index contributed by atoms with van der Waals surface area (Å²) in [5.74, 6) is 0.704. The summed E-state index contributed by atoms with van der Waals surface area (Å²) >= 11 is 0. The van der Waals surface area contributed by atoms with Crippen LogP contribution in [0.5, 0.6) is 0 Å². The van der Waals surface area contributed by atoms with Crippen LogP contribution >= 0.6 is 24.0 Å². The molecule has 1 atom stereocenters. The topological polar surface area (TPSA) is 63.6 Å². The molecule has 1 aromatic carbocycles. The predicted molar refractivity (Wildman–Crippen MR) is 136 cm³/mol. The maximum absolute atomic E-state index is 14.8. The number of likely N-dealkylation sites (tertiary alicyclic amines) is 1. The number of benzene rings is 1. The summed E-state index contributed by atoms with van der Waals surface area (Å²) < 4.78 is 20.3. The molecular formula is C23H37FIN5O2. The third-order valence-corrected chi connectivity index (χ3v) is 6.59. The van der Waals surface area contributed by atoms with E-state index in [4.69, 9.17) is 9.73 Å². The van der Waals surface area contributed by atoms with E-state index in [-0.39, 0.29) is 35.9 Å². The standard InChI is InChI=1S/C23H36FN5O2.HI/c1-2-25-23(29-8-5-19(17-29)27-11-13-31-14-12-27)26-16-18-3-4-22(21(24)15-18)28-9-6-20(30)7-10-28;/h3-4,15,19-20,30H,2,5-14,16-17H2,1H3,(H,25,26);1H. The number of anilines is 1. The number of nitrogens with zero attached hydrogens (tertiary/aromatic N) is 4. The molecule has 1 aromatic rings. The number of guanidine groups is 1. The number of rotatable bonds is 5. The number of morpholine rings is 1. The van der Waals surface area contributed by atoms with Crippen molar-refractivity contribution < 1.29 is 14.2 Å². The number of aliphatic hydroxyl groups excluding tert-OH is 1. The fourth-order valence-corrected chi connectivity index (χ4v) is 4.78. The second-order valence-corrected chi connectivity index (χ2v) is 8.71. The summed E-state index contributed by atoms with van der Waals surface area (Å²) in [6.45, 7) is 10.4. The average molecular weight is 561 g/mol. The molecule has 3 saturated heterocycles. The number of hydrogen-bond acceptors (Lipinski definition) is 5. The van der Waals surface area contributed by atoms with E-state index in [0.717, 1.165) is 63.9 Å². The van der Waals surface area contributed by atoms with E-state index in [9.17, 15) is 9.50 Å². The Balaban J connectivity index is 0.00000289. The summed E-state index contributed by atoms with van der Waals surface area (Å²) in [6.07, 6.45) is 2.27. The summed E-state index contributed by atoms with van der Waals surface area (Å²) in [5.41, 5.74) is 1.50. The molecule has 9 heteroatoms. The van der Waals surface area contributed by atoms with E-state index < -0.39 is 0 Å². The van der Waals surface area contributed by atoms with Gasteiger partial charge in [-0.25, -0.2) is 9.38 Å². The van der Waals surface area contributed by atoms with Crippen LogP contribution in [0.15, 0.2) is 23.2 Å². The predicted octanol–water partition coefficient (Wildman–Crippen LogP) is 2.28. The molecule has 1 unspecified atom stereocenters. The third kappa shape index (κ3) is 6.45. The minimum absolute atomic E-state index is 0. The quantitative estimate of drug-likeness (QED) is 0.327. The highest BCUT2D eigenvalue weighted by molar-refractivity contribution is 14.0. The minimum atomic E-state index is -0.258. The smallest absolute Gasteiger partial charge is 0.194 e. The molecule has 4 rings (SSSR count). The molecule has 0 aromatic heterocycles. The highest BCUT2D eigenvalue weighted by Crippen LogP contribution is 2.25. The first-order valence-electron chi connectivity index (χ1n) is 11.7. The fourth-order valence-electron chi connectivity index (χ4n) is 4.78. The number of ether oxygens (including phenoxy) is 1. The van der Waals surface area contributed by atoms with Crippen LogP contribution in [0.2, 0.25) is 0 Å². The first-order valence-corrected chi connectivity index (χ1v) is 11.7. The lowest BCUT2D eigenvalue weighted by molar-refractivity contribution is 0.0195. The van der Waals surface area contributed by atoms with E-state index in [1.165, 1.54) is 0 Å². The zero-order chi connectivity index (χ0) is 21.6. The minimum Gasteiger partial charge on any atom is -0.393 e.